The molecule has 0 heterocycles. The number of anilines is 2. The molecule has 13 heteroatoms. The molecule has 0 spiro atoms. The lowest BCUT2D eigenvalue weighted by Crippen LogP contribution is -2.74. The van der Waals surface area contributed by atoms with Crippen LogP contribution in [0.2, 0.25) is 0 Å². The van der Waals surface area contributed by atoms with Crippen LogP contribution in [0.5, 0.6) is 5.75 Å². The van der Waals surface area contributed by atoms with Gasteiger partial charge in [0.1, 0.15) is 5.75 Å². The van der Waals surface area contributed by atoms with Gasteiger partial charge in [-0.25, -0.2) is 0 Å². The highest BCUT2D eigenvalue weighted by molar-refractivity contribution is 6.32. The number of aliphatic hydroxyl groups is 1. The number of Topliss-reactive ketones (excluding diaryl/α,β-unsaturated/α-hetero) is 4. The molecule has 3 aliphatic carbocycles. The molecule has 4 unspecified atom stereocenters. The second-order valence-corrected chi connectivity index (χ2v) is 11.9. The minimum Gasteiger partial charge on any atom is -0.505 e. The van der Waals surface area contributed by atoms with Crippen LogP contribution in [0.25, 0.3) is 0 Å². The molecule has 1 aromatic carbocycles. The van der Waals surface area contributed by atoms with Crippen LogP contribution in [-0.4, -0.2) is 103 Å². The molecular formula is C29H39N5O8. The molecule has 1 aromatic rings. The second kappa shape index (κ2) is 11.5. The molecule has 6 N–H and O–H groups in total. The number of unbranched alkanes of at least 4 members (excludes halogenated alkanes) is 1. The third kappa shape index (κ3) is 4.88. The number of nitrogens with two attached hydrogens (primary N) is 1. The minimum atomic E-state index is -2.80. The fourth-order valence-electron chi connectivity index (χ4n) is 6.84. The number of benzene rings is 1. The van der Waals surface area contributed by atoms with Gasteiger partial charge in [-0.15, -0.1) is 0 Å². The van der Waals surface area contributed by atoms with Crippen LogP contribution in [0.3, 0.4) is 0 Å². The van der Waals surface area contributed by atoms with Crippen molar-refractivity contribution in [2.75, 3.05) is 51.5 Å². The molecule has 3 aliphatic rings. The van der Waals surface area contributed by atoms with Gasteiger partial charge in [0.05, 0.1) is 29.8 Å². The van der Waals surface area contributed by atoms with E-state index in [1.54, 1.807) is 25.1 Å². The monoisotopic (exact) mass is 585 g/mol. The SMILES string of the molecule is CCCCNCC(=O)Nc1cc(N(C)C)c2c(c1O)C(=O)C1C(=O)[C@]3(O)C(=O)C(C(N)=O)C(=O)[C@@H](N(C)C)C3CC1C2. The van der Waals surface area contributed by atoms with Gasteiger partial charge < -0.3 is 31.5 Å². The van der Waals surface area contributed by atoms with Gasteiger partial charge >= 0.3 is 0 Å². The predicted octanol–water partition coefficient (Wildman–Crippen LogP) is -0.739. The number of phenols is 1. The van der Waals surface area contributed by atoms with Crippen molar-refractivity contribution in [2.24, 2.45) is 29.4 Å². The van der Waals surface area contributed by atoms with Crippen LogP contribution in [0, 0.1) is 23.7 Å². The van der Waals surface area contributed by atoms with E-state index in [1.807, 2.05) is 6.92 Å². The molecular weight excluding hydrogens is 546 g/mol. The molecule has 42 heavy (non-hydrogen) atoms. The van der Waals surface area contributed by atoms with Gasteiger partial charge in [-0.1, -0.05) is 13.3 Å². The van der Waals surface area contributed by atoms with Gasteiger partial charge in [0.15, 0.2) is 34.7 Å². The van der Waals surface area contributed by atoms with Crippen molar-refractivity contribution in [1.82, 2.24) is 10.2 Å². The molecule has 6 atom stereocenters. The zero-order chi connectivity index (χ0) is 31.3. The molecule has 13 nitrogen and oxygen atoms in total. The fourth-order valence-corrected chi connectivity index (χ4v) is 6.84. The average molecular weight is 586 g/mol. The smallest absolute Gasteiger partial charge is 0.238 e. The van der Waals surface area contributed by atoms with Crippen LogP contribution in [0.1, 0.15) is 42.1 Å². The number of aromatic hydroxyl groups is 1. The van der Waals surface area contributed by atoms with Gasteiger partial charge in [0.2, 0.25) is 11.8 Å². The van der Waals surface area contributed by atoms with E-state index in [4.69, 9.17) is 5.73 Å². The Balaban J connectivity index is 1.78. The molecule has 0 saturated heterocycles. The molecule has 2 fully saturated rings. The Morgan fingerprint density at radius 3 is 2.36 bits per heavy atom. The first-order chi connectivity index (χ1) is 19.7. The Kier molecular flexibility index (Phi) is 8.59. The molecule has 4 rings (SSSR count). The Bertz CT molecular complexity index is 1360. The zero-order valence-corrected chi connectivity index (χ0v) is 24.5. The maximum Gasteiger partial charge on any atom is 0.238 e. The lowest BCUT2D eigenvalue weighted by atomic mass is 9.52. The number of hydrogen-bond donors (Lipinski definition) is 5. The first kappa shape index (κ1) is 31.3. The van der Waals surface area contributed by atoms with Crippen molar-refractivity contribution < 1.29 is 39.0 Å². The standard InChI is InChI=1S/C29H39N5O8/c1-6-7-8-31-12-18(35)32-16-11-17(33(2)3)14-9-13-10-15-22(34(4)5)25(38)21(28(30)41)27(40)29(15,42)26(39)19(13)24(37)20(14)23(16)36/h11,13,15,19,21-22,31,36,42H,6-10,12H2,1-5H3,(H2,30,41)(H,32,35)/t13?,15?,19?,21?,22-,29-/m0/s1. The summed E-state index contributed by atoms with van der Waals surface area (Å²) < 4.78 is 0. The van der Waals surface area contributed by atoms with E-state index < -0.39 is 76.0 Å². The van der Waals surface area contributed by atoms with E-state index in [0.29, 0.717) is 17.8 Å². The number of nitrogens with zero attached hydrogens (tertiary/aromatic N) is 2. The summed E-state index contributed by atoms with van der Waals surface area (Å²) in [5.41, 5.74) is 3.34. The van der Waals surface area contributed by atoms with E-state index >= 15 is 0 Å². The number of hydrogen-bond acceptors (Lipinski definition) is 11. The van der Waals surface area contributed by atoms with E-state index in [9.17, 15) is 39.0 Å². The number of amides is 2. The highest BCUT2D eigenvalue weighted by Gasteiger charge is 2.69. The molecule has 2 amide bonds. The molecule has 2 saturated carbocycles. The molecule has 0 aromatic heterocycles. The topological polar surface area (TPSA) is 199 Å². The van der Waals surface area contributed by atoms with Gasteiger partial charge in [0.25, 0.3) is 0 Å². The number of rotatable bonds is 9. The van der Waals surface area contributed by atoms with Crippen molar-refractivity contribution >= 4 is 46.3 Å². The summed E-state index contributed by atoms with van der Waals surface area (Å²) in [6.07, 6.45) is 1.91. The van der Waals surface area contributed by atoms with Crippen LogP contribution in [-0.2, 0) is 30.4 Å². The number of carbonyl (C=O) groups is 6. The number of likely N-dealkylation sites (N-methyl/N-ethyl adjacent to an activating group) is 1. The Morgan fingerprint density at radius 2 is 1.79 bits per heavy atom. The summed E-state index contributed by atoms with van der Waals surface area (Å²) in [5.74, 6) is -11.7. The summed E-state index contributed by atoms with van der Waals surface area (Å²) in [5, 5.41) is 28.6. The van der Waals surface area contributed by atoms with E-state index in [1.165, 1.54) is 19.0 Å². The van der Waals surface area contributed by atoms with Gasteiger partial charge in [-0.2, -0.15) is 0 Å². The fraction of sp³-hybridized carbons (Fsp3) is 0.586. The largest absolute Gasteiger partial charge is 0.505 e. The van der Waals surface area contributed by atoms with Crippen LogP contribution in [0.15, 0.2) is 6.07 Å². The number of phenolic OH excluding ortho intramolecular Hbond substituents is 1. The summed E-state index contributed by atoms with van der Waals surface area (Å²) in [7, 11) is 6.53. The van der Waals surface area contributed by atoms with Crippen LogP contribution >= 0.6 is 0 Å². The van der Waals surface area contributed by atoms with E-state index in [0.717, 1.165) is 12.8 Å². The quantitative estimate of drug-likeness (QED) is 0.139. The highest BCUT2D eigenvalue weighted by atomic mass is 16.3. The van der Waals surface area contributed by atoms with Gasteiger partial charge in [-0.05, 0) is 57.5 Å². The van der Waals surface area contributed by atoms with Gasteiger partial charge in [0, 0.05) is 25.7 Å². The second-order valence-electron chi connectivity index (χ2n) is 11.9. The molecule has 0 bridgehead atoms. The Hall–Kier alpha value is -3.68. The van der Waals surface area contributed by atoms with E-state index in [-0.39, 0.29) is 30.6 Å². The summed E-state index contributed by atoms with van der Waals surface area (Å²) >= 11 is 0. The third-order valence-corrected chi connectivity index (χ3v) is 8.79. The molecule has 0 radical (unpaired) electrons. The Morgan fingerprint density at radius 1 is 1.12 bits per heavy atom. The van der Waals surface area contributed by atoms with Crippen LogP contribution < -0.4 is 21.3 Å². The first-order valence-corrected chi connectivity index (χ1v) is 14.1. The number of carbonyl (C=O) groups excluding carboxylic acids is 6. The predicted molar refractivity (Wildman–Crippen MR) is 152 cm³/mol. The normalized spacial score (nSPS) is 28.7. The third-order valence-electron chi connectivity index (χ3n) is 8.79. The minimum absolute atomic E-state index is 0.0196. The van der Waals surface area contributed by atoms with Crippen molar-refractivity contribution in [3.63, 3.8) is 0 Å². The maximum absolute atomic E-state index is 14.0. The highest BCUT2D eigenvalue weighted by Crippen LogP contribution is 2.52. The summed E-state index contributed by atoms with van der Waals surface area (Å²) in [4.78, 5) is 82.6. The number of fused-ring (bicyclic) bond motifs is 3. The molecule has 228 valence electrons. The van der Waals surface area contributed by atoms with E-state index in [2.05, 4.69) is 10.6 Å². The number of ketones is 4. The number of primary amides is 1. The lowest BCUT2D eigenvalue weighted by Gasteiger charge is -2.52. The average Bonchev–Trinajstić information content (AvgIpc) is 2.89. The molecule has 0 aliphatic heterocycles. The van der Waals surface area contributed by atoms with Crippen molar-refractivity contribution in [3.05, 3.63) is 17.2 Å². The van der Waals surface area contributed by atoms with Crippen molar-refractivity contribution in [2.45, 2.75) is 44.2 Å². The number of nitrogens with one attached hydrogen (secondary N) is 2. The summed E-state index contributed by atoms with van der Waals surface area (Å²) in [6.45, 7) is 2.63. The van der Waals surface area contributed by atoms with Crippen molar-refractivity contribution in [3.8, 4) is 5.75 Å². The first-order valence-electron chi connectivity index (χ1n) is 14.1. The maximum atomic E-state index is 14.0. The van der Waals surface area contributed by atoms with Crippen LogP contribution in [0.4, 0.5) is 11.4 Å². The zero-order valence-electron chi connectivity index (χ0n) is 24.5. The summed E-state index contributed by atoms with van der Waals surface area (Å²) in [6, 6.07) is 0.386. The lowest BCUT2D eigenvalue weighted by molar-refractivity contribution is -0.181. The van der Waals surface area contributed by atoms with Gasteiger partial charge in [-0.3, -0.25) is 33.7 Å². The van der Waals surface area contributed by atoms with Crippen molar-refractivity contribution in [1.29, 1.82) is 0 Å². The Labute approximate surface area is 243 Å².